The molecule has 1 aromatic heterocycles. The molecule has 2 nitrogen and oxygen atoms in total. The number of nitrogens with zero attached hydrogens (tertiary/aromatic N) is 2. The smallest absolute Gasteiger partial charge is 0.129 e. The predicted molar refractivity (Wildman–Crippen MR) is 80.7 cm³/mol. The number of aromatic nitrogens is 1. The summed E-state index contributed by atoms with van der Waals surface area (Å²) in [7, 11) is 0. The zero-order valence-electron chi connectivity index (χ0n) is 12.2. The summed E-state index contributed by atoms with van der Waals surface area (Å²) in [6, 6.07) is 4.70. The Bertz CT molecular complexity index is 375. The van der Waals surface area contributed by atoms with Crippen molar-refractivity contribution in [2.45, 2.75) is 58.9 Å². The van der Waals surface area contributed by atoms with Gasteiger partial charge in [0.2, 0.25) is 0 Å². The van der Waals surface area contributed by atoms with Gasteiger partial charge in [0.05, 0.1) is 0 Å². The quantitative estimate of drug-likeness (QED) is 0.703. The number of hydrogen-bond donors (Lipinski definition) is 0. The van der Waals surface area contributed by atoms with Gasteiger partial charge in [-0.05, 0) is 43.9 Å². The molecular formula is C15H25ClN2. The first kappa shape index (κ1) is 15.3. The molecule has 0 N–H and O–H groups in total. The molecule has 1 heterocycles. The van der Waals surface area contributed by atoms with Gasteiger partial charge in [-0.2, -0.15) is 0 Å². The molecule has 0 saturated carbocycles. The zero-order valence-corrected chi connectivity index (χ0v) is 13.0. The molecular weight excluding hydrogens is 244 g/mol. The minimum absolute atomic E-state index is 0.433. The van der Waals surface area contributed by atoms with Gasteiger partial charge in [0.15, 0.2) is 0 Å². The van der Waals surface area contributed by atoms with Crippen LogP contribution in [0.3, 0.4) is 0 Å². The molecule has 1 rings (SSSR count). The fraction of sp³-hybridized carbons (Fsp3) is 0.667. The molecule has 102 valence electrons. The molecule has 0 aromatic carbocycles. The van der Waals surface area contributed by atoms with Gasteiger partial charge in [-0.25, -0.2) is 4.98 Å². The van der Waals surface area contributed by atoms with Crippen molar-refractivity contribution in [1.29, 1.82) is 0 Å². The lowest BCUT2D eigenvalue weighted by molar-refractivity contribution is 0.657. The van der Waals surface area contributed by atoms with E-state index in [-0.39, 0.29) is 0 Å². The number of rotatable bonds is 6. The number of anilines is 1. The van der Waals surface area contributed by atoms with Gasteiger partial charge in [0, 0.05) is 24.2 Å². The highest BCUT2D eigenvalue weighted by atomic mass is 35.5. The van der Waals surface area contributed by atoms with Crippen LogP contribution in [-0.4, -0.2) is 17.6 Å². The van der Waals surface area contributed by atoms with Crippen molar-refractivity contribution in [3.8, 4) is 0 Å². The van der Waals surface area contributed by atoms with Crippen LogP contribution >= 0.6 is 11.6 Å². The monoisotopic (exact) mass is 268 g/mol. The van der Waals surface area contributed by atoms with Crippen LogP contribution in [0.2, 0.25) is 0 Å². The lowest BCUT2D eigenvalue weighted by Gasteiger charge is -2.28. The van der Waals surface area contributed by atoms with Crippen LogP contribution in [0.1, 0.15) is 58.2 Å². The topological polar surface area (TPSA) is 16.1 Å². The molecule has 0 aliphatic carbocycles. The highest BCUT2D eigenvalue weighted by Gasteiger charge is 2.14. The predicted octanol–water partition coefficient (Wildman–Crippen LogP) is 4.57. The van der Waals surface area contributed by atoms with E-state index in [0.717, 1.165) is 30.0 Å². The fourth-order valence-electron chi connectivity index (χ4n) is 1.99. The molecule has 1 aromatic rings. The summed E-state index contributed by atoms with van der Waals surface area (Å²) in [6.07, 6.45) is 1.13. The van der Waals surface area contributed by atoms with Gasteiger partial charge in [-0.3, -0.25) is 0 Å². The van der Waals surface area contributed by atoms with E-state index >= 15 is 0 Å². The van der Waals surface area contributed by atoms with E-state index in [9.17, 15) is 0 Å². The standard InChI is InChI=1S/C15H25ClN2/c1-6-7-18(12(4)5)15-9-13(10-16)8-14(17-15)11(2)3/h8-9,11-12H,6-7,10H2,1-5H3. The molecule has 0 aliphatic heterocycles. The minimum Gasteiger partial charge on any atom is -0.354 e. The molecule has 0 radical (unpaired) electrons. The molecule has 0 atom stereocenters. The largest absolute Gasteiger partial charge is 0.354 e. The van der Waals surface area contributed by atoms with Crippen LogP contribution in [0.25, 0.3) is 0 Å². The van der Waals surface area contributed by atoms with Gasteiger partial charge in [-0.15, -0.1) is 11.6 Å². The van der Waals surface area contributed by atoms with Gasteiger partial charge >= 0.3 is 0 Å². The SMILES string of the molecule is CCCN(c1cc(CCl)cc(C(C)C)n1)C(C)C. The molecule has 0 fully saturated rings. The molecule has 0 aliphatic rings. The van der Waals surface area contributed by atoms with Crippen molar-refractivity contribution in [3.63, 3.8) is 0 Å². The van der Waals surface area contributed by atoms with Crippen LogP contribution in [0.5, 0.6) is 0 Å². The Morgan fingerprint density at radius 2 is 1.89 bits per heavy atom. The number of halogens is 1. The van der Waals surface area contributed by atoms with Gasteiger partial charge in [-0.1, -0.05) is 20.8 Å². The summed E-state index contributed by atoms with van der Waals surface area (Å²) in [6.45, 7) is 12.0. The average molecular weight is 269 g/mol. The van der Waals surface area contributed by atoms with Crippen molar-refractivity contribution in [2.75, 3.05) is 11.4 Å². The Morgan fingerprint density at radius 3 is 2.33 bits per heavy atom. The van der Waals surface area contributed by atoms with E-state index in [2.05, 4.69) is 51.7 Å². The Kier molecular flexibility index (Phi) is 5.94. The lowest BCUT2D eigenvalue weighted by Crippen LogP contribution is -2.32. The van der Waals surface area contributed by atoms with E-state index in [1.807, 2.05) is 0 Å². The van der Waals surface area contributed by atoms with Crippen LogP contribution in [-0.2, 0) is 5.88 Å². The van der Waals surface area contributed by atoms with Crippen LogP contribution < -0.4 is 4.90 Å². The maximum Gasteiger partial charge on any atom is 0.129 e. The van der Waals surface area contributed by atoms with Gasteiger partial charge in [0.25, 0.3) is 0 Å². The lowest BCUT2D eigenvalue weighted by atomic mass is 10.1. The van der Waals surface area contributed by atoms with Crippen LogP contribution in [0.15, 0.2) is 12.1 Å². The number of hydrogen-bond acceptors (Lipinski definition) is 2. The van der Waals surface area contributed by atoms with Crippen molar-refractivity contribution in [2.24, 2.45) is 0 Å². The maximum atomic E-state index is 5.99. The molecule has 0 spiro atoms. The number of alkyl halides is 1. The second-order valence-corrected chi connectivity index (χ2v) is 5.60. The zero-order chi connectivity index (χ0) is 13.7. The third-order valence-corrected chi connectivity index (χ3v) is 3.33. The van der Waals surface area contributed by atoms with Crippen molar-refractivity contribution >= 4 is 17.4 Å². The van der Waals surface area contributed by atoms with Gasteiger partial charge < -0.3 is 4.90 Å². The first-order valence-electron chi connectivity index (χ1n) is 6.83. The molecule has 3 heteroatoms. The fourth-order valence-corrected chi connectivity index (χ4v) is 2.15. The summed E-state index contributed by atoms with van der Waals surface area (Å²) >= 11 is 5.99. The molecule has 18 heavy (non-hydrogen) atoms. The van der Waals surface area contributed by atoms with Crippen LogP contribution in [0, 0.1) is 0 Å². The summed E-state index contributed by atoms with van der Waals surface area (Å²) in [4.78, 5) is 7.14. The molecule has 0 bridgehead atoms. The average Bonchev–Trinajstić information content (AvgIpc) is 2.34. The summed E-state index contributed by atoms with van der Waals surface area (Å²) < 4.78 is 0. The van der Waals surface area contributed by atoms with E-state index in [0.29, 0.717) is 17.8 Å². The number of pyridine rings is 1. The Labute approximate surface area is 116 Å². The first-order valence-corrected chi connectivity index (χ1v) is 7.36. The third kappa shape index (κ3) is 3.88. The summed E-state index contributed by atoms with van der Waals surface area (Å²) in [5.74, 6) is 2.05. The summed E-state index contributed by atoms with van der Waals surface area (Å²) in [5, 5.41) is 0. The van der Waals surface area contributed by atoms with E-state index < -0.39 is 0 Å². The van der Waals surface area contributed by atoms with Crippen molar-refractivity contribution in [3.05, 3.63) is 23.4 Å². The molecule has 0 unspecified atom stereocenters. The second kappa shape index (κ2) is 6.98. The first-order chi connectivity index (χ1) is 8.49. The van der Waals surface area contributed by atoms with E-state index in [1.165, 1.54) is 0 Å². The normalized spacial score (nSPS) is 11.3. The summed E-state index contributed by atoms with van der Waals surface area (Å²) in [5.41, 5.74) is 2.29. The Balaban J connectivity index is 3.15. The van der Waals surface area contributed by atoms with Crippen molar-refractivity contribution < 1.29 is 0 Å². The Morgan fingerprint density at radius 1 is 1.22 bits per heavy atom. The van der Waals surface area contributed by atoms with Gasteiger partial charge in [0.1, 0.15) is 5.82 Å². The van der Waals surface area contributed by atoms with E-state index in [4.69, 9.17) is 16.6 Å². The van der Waals surface area contributed by atoms with Crippen molar-refractivity contribution in [1.82, 2.24) is 4.98 Å². The third-order valence-electron chi connectivity index (χ3n) is 3.02. The Hall–Kier alpha value is -0.760. The highest BCUT2D eigenvalue weighted by molar-refractivity contribution is 6.17. The van der Waals surface area contributed by atoms with E-state index in [1.54, 1.807) is 0 Å². The molecule has 0 amide bonds. The van der Waals surface area contributed by atoms with Crippen LogP contribution in [0.4, 0.5) is 5.82 Å². The second-order valence-electron chi connectivity index (χ2n) is 5.33. The molecule has 0 saturated heterocycles. The minimum atomic E-state index is 0.433. The maximum absolute atomic E-state index is 5.99. The highest BCUT2D eigenvalue weighted by Crippen LogP contribution is 2.23.